The second-order valence-electron chi connectivity index (χ2n) is 8.47. The Morgan fingerprint density at radius 3 is 1.38 bits per heavy atom. The van der Waals surface area contributed by atoms with Gasteiger partial charge in [-0.2, -0.15) is 0 Å². The van der Waals surface area contributed by atoms with Gasteiger partial charge in [-0.1, -0.05) is 91.0 Å². The van der Waals surface area contributed by atoms with Crippen LogP contribution < -0.4 is 0 Å². The molecule has 0 saturated carbocycles. The van der Waals surface area contributed by atoms with E-state index in [1.807, 2.05) is 0 Å². The molecule has 11 heteroatoms. The molecule has 0 radical (unpaired) electrons. The molecule has 0 bridgehead atoms. The number of hydrogen-bond donors (Lipinski definition) is 4. The van der Waals surface area contributed by atoms with Crippen molar-refractivity contribution in [3.63, 3.8) is 0 Å². The van der Waals surface area contributed by atoms with Crippen LogP contribution in [0.25, 0.3) is 0 Å². The third-order valence-electron chi connectivity index (χ3n) is 6.29. The van der Waals surface area contributed by atoms with Crippen LogP contribution in [0.2, 0.25) is 0 Å². The molecule has 3 rings (SSSR count). The van der Waals surface area contributed by atoms with Gasteiger partial charge in [0.15, 0.2) is 6.10 Å². The van der Waals surface area contributed by atoms with Crippen molar-refractivity contribution in [2.45, 2.75) is 22.9 Å². The summed E-state index contributed by atoms with van der Waals surface area (Å²) < 4.78 is 2.70. The first kappa shape index (κ1) is 29.7. The number of ketones is 3. The number of halogens is 1. The number of rotatable bonds is 11. The monoisotopic (exact) mass is 598 g/mol. The molecule has 10 nitrogen and oxygen atoms in total. The lowest BCUT2D eigenvalue weighted by Gasteiger charge is -2.48. The van der Waals surface area contributed by atoms with E-state index >= 15 is 0 Å². The molecular formula is C28H23BrO10. The molecule has 0 aliphatic heterocycles. The molecule has 4 atom stereocenters. The van der Waals surface area contributed by atoms with Crippen LogP contribution in [0.5, 0.6) is 0 Å². The molecule has 4 N–H and O–H groups in total. The summed E-state index contributed by atoms with van der Waals surface area (Å²) in [5.41, 5.74) is -13.7. The molecule has 0 spiro atoms. The van der Waals surface area contributed by atoms with Crippen LogP contribution in [0, 0.1) is 0 Å². The van der Waals surface area contributed by atoms with E-state index in [0.717, 1.165) is 43.5 Å². The molecule has 39 heavy (non-hydrogen) atoms. The molecule has 3 aromatic rings. The lowest BCUT2D eigenvalue weighted by Crippen LogP contribution is -2.82. The summed E-state index contributed by atoms with van der Waals surface area (Å²) >= 11 is 2.43. The zero-order valence-corrected chi connectivity index (χ0v) is 21.9. The number of aliphatic hydroxyl groups is 4. The van der Waals surface area contributed by atoms with Crippen LogP contribution in [-0.2, 0) is 14.3 Å². The van der Waals surface area contributed by atoms with Gasteiger partial charge in [0, 0.05) is 16.7 Å². The van der Waals surface area contributed by atoms with Gasteiger partial charge in [0.25, 0.3) is 0 Å². The summed E-state index contributed by atoms with van der Waals surface area (Å²) in [7, 11) is 0.772. The Hall–Kier alpha value is -3.87. The minimum atomic E-state index is -4.23. The summed E-state index contributed by atoms with van der Waals surface area (Å²) in [5, 5.41) is 47.0. The maximum Gasteiger partial charge on any atom is 0.338 e. The first-order valence-corrected chi connectivity index (χ1v) is 12.1. The number of esters is 1. The topological polar surface area (TPSA) is 176 Å². The molecule has 0 aromatic heterocycles. The van der Waals surface area contributed by atoms with Gasteiger partial charge in [0.2, 0.25) is 38.8 Å². The molecule has 0 saturated heterocycles. The fourth-order valence-corrected chi connectivity index (χ4v) is 4.65. The number of hydrogen-bond acceptors (Lipinski definition) is 10. The van der Waals surface area contributed by atoms with Crippen LogP contribution in [-0.4, -0.2) is 78.5 Å². The summed E-state index contributed by atoms with van der Waals surface area (Å²) in [5.74, 6) is -6.77. The van der Waals surface area contributed by atoms with Gasteiger partial charge in [-0.25, -0.2) is 4.79 Å². The standard InChI is InChI=1S/C28H23BrO10/c1-39-24(34)23(33)26(36,20(30)17-11-5-2-6-12-17)28(38,22(32)19-15-9-4-10-16-19)27(37,25(29)35)21(31)18-13-7-3-8-14-18/h2-16,23,33,36-38H,1H3/t23-,26-,27+,28+/m1/s1. The van der Waals surface area contributed by atoms with Gasteiger partial charge in [-0.05, 0) is 15.9 Å². The summed E-state index contributed by atoms with van der Waals surface area (Å²) in [6.45, 7) is 0. The Morgan fingerprint density at radius 1 is 0.667 bits per heavy atom. The second kappa shape index (κ2) is 11.5. The van der Waals surface area contributed by atoms with Gasteiger partial charge >= 0.3 is 5.97 Å². The number of Topliss-reactive ketones (excluding diaryl/α,β-unsaturated/α-hetero) is 3. The van der Waals surface area contributed by atoms with Crippen molar-refractivity contribution < 1.29 is 49.1 Å². The number of aliphatic hydroxyl groups excluding tert-OH is 1. The lowest BCUT2D eigenvalue weighted by molar-refractivity contribution is -0.213. The first-order chi connectivity index (χ1) is 18.4. The van der Waals surface area contributed by atoms with Crippen molar-refractivity contribution in [1.29, 1.82) is 0 Å². The van der Waals surface area contributed by atoms with Crippen molar-refractivity contribution in [2.75, 3.05) is 7.11 Å². The molecule has 0 amide bonds. The zero-order valence-electron chi connectivity index (χ0n) is 20.4. The van der Waals surface area contributed by atoms with Gasteiger partial charge in [-0.3, -0.25) is 19.2 Å². The largest absolute Gasteiger partial charge is 0.467 e. The number of carbonyl (C=O) groups excluding carboxylic acids is 5. The fraction of sp³-hybridized carbons (Fsp3) is 0.179. The Morgan fingerprint density at radius 2 is 1.03 bits per heavy atom. The number of carbonyl (C=O) groups is 5. The molecule has 202 valence electrons. The van der Waals surface area contributed by atoms with Crippen molar-refractivity contribution in [3.8, 4) is 0 Å². The maximum absolute atomic E-state index is 14.0. The normalized spacial score (nSPS) is 16.5. The molecule has 0 heterocycles. The zero-order chi connectivity index (χ0) is 29.0. The van der Waals surface area contributed by atoms with Gasteiger partial charge < -0.3 is 25.2 Å². The Bertz CT molecular complexity index is 1400. The average molecular weight is 599 g/mol. The average Bonchev–Trinajstić information content (AvgIpc) is 2.98. The first-order valence-electron chi connectivity index (χ1n) is 11.3. The van der Waals surface area contributed by atoms with E-state index in [0.29, 0.717) is 0 Å². The Balaban J connectivity index is 2.51. The Kier molecular flexibility index (Phi) is 8.74. The fourth-order valence-electron chi connectivity index (χ4n) is 4.18. The van der Waals surface area contributed by atoms with E-state index in [1.54, 1.807) is 0 Å². The second-order valence-corrected chi connectivity index (χ2v) is 9.19. The van der Waals surface area contributed by atoms with E-state index in [9.17, 15) is 44.4 Å². The van der Waals surface area contributed by atoms with Crippen molar-refractivity contribution in [1.82, 2.24) is 0 Å². The van der Waals surface area contributed by atoms with Gasteiger partial charge in [0.05, 0.1) is 7.11 Å². The quantitative estimate of drug-likeness (QED) is 0.109. The van der Waals surface area contributed by atoms with Crippen LogP contribution in [0.15, 0.2) is 91.0 Å². The minimum absolute atomic E-state index is 0.422. The minimum Gasteiger partial charge on any atom is -0.467 e. The van der Waals surface area contributed by atoms with Crippen molar-refractivity contribution >= 4 is 43.9 Å². The molecule has 0 fully saturated rings. The van der Waals surface area contributed by atoms with Crippen LogP contribution >= 0.6 is 15.9 Å². The van der Waals surface area contributed by atoms with E-state index in [4.69, 9.17) is 0 Å². The molecule has 0 aliphatic carbocycles. The summed E-state index contributed by atoms with van der Waals surface area (Å²) in [6, 6.07) is 19.1. The van der Waals surface area contributed by atoms with E-state index < -0.39 is 67.6 Å². The van der Waals surface area contributed by atoms with Crippen LogP contribution in [0.3, 0.4) is 0 Å². The highest BCUT2D eigenvalue weighted by Crippen LogP contribution is 2.44. The number of methoxy groups -OCH3 is 1. The summed E-state index contributed by atoms with van der Waals surface area (Å²) in [6.07, 6.45) is -3.09. The van der Waals surface area contributed by atoms with Crippen LogP contribution in [0.1, 0.15) is 31.1 Å². The predicted molar refractivity (Wildman–Crippen MR) is 139 cm³/mol. The predicted octanol–water partition coefficient (Wildman–Crippen LogP) is 1.28. The maximum atomic E-state index is 14.0. The Labute approximate surface area is 230 Å². The van der Waals surface area contributed by atoms with Crippen LogP contribution in [0.4, 0.5) is 0 Å². The van der Waals surface area contributed by atoms with E-state index in [-0.39, 0.29) is 0 Å². The lowest BCUT2D eigenvalue weighted by atomic mass is 9.60. The number of ether oxygens (including phenoxy) is 1. The molecule has 0 unspecified atom stereocenters. The van der Waals surface area contributed by atoms with Crippen molar-refractivity contribution in [2.24, 2.45) is 0 Å². The molecule has 3 aromatic carbocycles. The highest BCUT2D eigenvalue weighted by molar-refractivity contribution is 9.18. The molecular weight excluding hydrogens is 576 g/mol. The van der Waals surface area contributed by atoms with Crippen molar-refractivity contribution in [3.05, 3.63) is 108 Å². The van der Waals surface area contributed by atoms with Gasteiger partial charge in [-0.15, -0.1) is 0 Å². The third-order valence-corrected chi connectivity index (χ3v) is 6.86. The SMILES string of the molecule is COC(=O)[C@@H](O)[C@](O)(C(=O)c1ccccc1)[C@@](O)(C(=O)c1ccccc1)[C@@](O)(C(=O)Br)C(=O)c1ccccc1. The molecule has 0 aliphatic rings. The van der Waals surface area contributed by atoms with Gasteiger partial charge in [0.1, 0.15) is 0 Å². The highest BCUT2D eigenvalue weighted by Gasteiger charge is 2.77. The number of benzene rings is 3. The van der Waals surface area contributed by atoms with E-state index in [2.05, 4.69) is 20.7 Å². The highest BCUT2D eigenvalue weighted by atomic mass is 79.9. The summed E-state index contributed by atoms with van der Waals surface area (Å²) in [4.78, 5) is 67.2. The third kappa shape index (κ3) is 4.75. The van der Waals surface area contributed by atoms with E-state index in [1.165, 1.54) is 54.6 Å². The smallest absolute Gasteiger partial charge is 0.338 e.